The molecule has 1 fully saturated rings. The first-order valence-electron chi connectivity index (χ1n) is 7.45. The molecule has 0 saturated heterocycles. The van der Waals surface area contributed by atoms with Crippen LogP contribution in [0.4, 0.5) is 4.39 Å². The van der Waals surface area contributed by atoms with E-state index in [-0.39, 0.29) is 11.7 Å². The molecule has 1 aromatic rings. The summed E-state index contributed by atoms with van der Waals surface area (Å²) in [6, 6.07) is 6.26. The molecule has 21 heavy (non-hydrogen) atoms. The van der Waals surface area contributed by atoms with Crippen molar-refractivity contribution in [2.24, 2.45) is 0 Å². The average molecular weight is 311 g/mol. The van der Waals surface area contributed by atoms with Crippen LogP contribution in [0.1, 0.15) is 38.5 Å². The van der Waals surface area contributed by atoms with Gasteiger partial charge in [-0.25, -0.2) is 4.39 Å². The molecule has 3 nitrogen and oxygen atoms in total. The highest BCUT2D eigenvalue weighted by Gasteiger charge is 2.29. The Balaban J connectivity index is 1.64. The van der Waals surface area contributed by atoms with Crippen LogP contribution in [0.2, 0.25) is 0 Å². The second kappa shape index (κ2) is 7.80. The fourth-order valence-corrected chi connectivity index (χ4v) is 3.38. The van der Waals surface area contributed by atoms with Crippen LogP contribution >= 0.6 is 11.8 Å². The molecule has 0 aliphatic heterocycles. The Labute approximate surface area is 129 Å². The largest absolute Gasteiger partial charge is 0.388 e. The highest BCUT2D eigenvalue weighted by molar-refractivity contribution is 7.99. The quantitative estimate of drug-likeness (QED) is 0.794. The average Bonchev–Trinajstić information content (AvgIpc) is 2.48. The third-order valence-electron chi connectivity index (χ3n) is 3.81. The summed E-state index contributed by atoms with van der Waals surface area (Å²) in [6.07, 6.45) is 5.19. The molecule has 2 rings (SSSR count). The number of carbonyl (C=O) groups is 1. The van der Waals surface area contributed by atoms with Gasteiger partial charge in [0.1, 0.15) is 5.82 Å². The molecule has 0 unspecified atom stereocenters. The summed E-state index contributed by atoms with van der Waals surface area (Å²) in [5, 5.41) is 13.1. The number of amides is 1. The van der Waals surface area contributed by atoms with Crippen LogP contribution < -0.4 is 5.32 Å². The summed E-state index contributed by atoms with van der Waals surface area (Å²) in [6.45, 7) is 0.354. The number of thioether (sulfide) groups is 1. The Morgan fingerprint density at radius 1 is 1.24 bits per heavy atom. The van der Waals surface area contributed by atoms with Gasteiger partial charge in [-0.1, -0.05) is 19.3 Å². The predicted octanol–water partition coefficient (Wildman–Crippen LogP) is 3.12. The SMILES string of the molecule is O=C(CCSc1ccc(F)cc1)NCC1(O)CCCCC1. The number of nitrogens with one attached hydrogen (secondary N) is 1. The molecule has 0 radical (unpaired) electrons. The summed E-state index contributed by atoms with van der Waals surface area (Å²) in [4.78, 5) is 12.7. The van der Waals surface area contributed by atoms with Crippen molar-refractivity contribution in [2.45, 2.75) is 49.0 Å². The molecule has 0 heterocycles. The molecular formula is C16H22FNO2S. The maximum atomic E-state index is 12.8. The normalized spacial score (nSPS) is 17.4. The van der Waals surface area contributed by atoms with Gasteiger partial charge in [0.05, 0.1) is 5.60 Å². The third kappa shape index (κ3) is 5.67. The summed E-state index contributed by atoms with van der Waals surface area (Å²) >= 11 is 1.53. The van der Waals surface area contributed by atoms with Crippen molar-refractivity contribution >= 4 is 17.7 Å². The molecule has 0 spiro atoms. The molecule has 1 saturated carbocycles. The minimum atomic E-state index is -0.710. The van der Waals surface area contributed by atoms with E-state index in [0.29, 0.717) is 18.7 Å². The van der Waals surface area contributed by atoms with Gasteiger partial charge < -0.3 is 10.4 Å². The molecule has 2 N–H and O–H groups in total. The van der Waals surface area contributed by atoms with Crippen molar-refractivity contribution in [3.63, 3.8) is 0 Å². The first-order chi connectivity index (χ1) is 10.1. The molecule has 1 aliphatic rings. The van der Waals surface area contributed by atoms with Gasteiger partial charge in [0.25, 0.3) is 0 Å². The fourth-order valence-electron chi connectivity index (χ4n) is 2.53. The van der Waals surface area contributed by atoms with E-state index in [1.807, 2.05) is 0 Å². The number of carbonyl (C=O) groups excluding carboxylic acids is 1. The minimum absolute atomic E-state index is 0.0383. The number of halogens is 1. The molecule has 116 valence electrons. The number of hydrogen-bond donors (Lipinski definition) is 2. The maximum absolute atomic E-state index is 12.8. The van der Waals surface area contributed by atoms with Crippen molar-refractivity contribution in [3.05, 3.63) is 30.1 Å². The number of benzene rings is 1. The molecule has 0 bridgehead atoms. The van der Waals surface area contributed by atoms with E-state index in [1.165, 1.54) is 30.3 Å². The molecule has 5 heteroatoms. The van der Waals surface area contributed by atoms with Gasteiger partial charge in [-0.3, -0.25) is 4.79 Å². The predicted molar refractivity (Wildman–Crippen MR) is 82.8 cm³/mol. The fraction of sp³-hybridized carbons (Fsp3) is 0.562. The van der Waals surface area contributed by atoms with Crippen molar-refractivity contribution in [2.75, 3.05) is 12.3 Å². The van der Waals surface area contributed by atoms with Crippen molar-refractivity contribution in [1.82, 2.24) is 5.32 Å². The zero-order valence-corrected chi connectivity index (χ0v) is 12.9. The van der Waals surface area contributed by atoms with E-state index >= 15 is 0 Å². The number of hydrogen-bond acceptors (Lipinski definition) is 3. The van der Waals surface area contributed by atoms with Gasteiger partial charge in [-0.2, -0.15) is 0 Å². The van der Waals surface area contributed by atoms with Gasteiger partial charge in [0.15, 0.2) is 0 Å². The summed E-state index contributed by atoms with van der Waals surface area (Å²) < 4.78 is 12.8. The van der Waals surface area contributed by atoms with E-state index in [2.05, 4.69) is 5.32 Å². The maximum Gasteiger partial charge on any atom is 0.220 e. The minimum Gasteiger partial charge on any atom is -0.388 e. The third-order valence-corrected chi connectivity index (χ3v) is 4.82. The highest BCUT2D eigenvalue weighted by Crippen LogP contribution is 2.27. The van der Waals surface area contributed by atoms with Gasteiger partial charge in [-0.05, 0) is 37.1 Å². The van der Waals surface area contributed by atoms with Crippen LogP contribution in [0, 0.1) is 5.82 Å². The summed E-state index contributed by atoms with van der Waals surface area (Å²) in [5.41, 5.74) is -0.710. The van der Waals surface area contributed by atoms with Crippen LogP contribution in [0.3, 0.4) is 0 Å². The second-order valence-electron chi connectivity index (χ2n) is 5.61. The van der Waals surface area contributed by atoms with Crippen LogP contribution in [-0.4, -0.2) is 28.9 Å². The first-order valence-corrected chi connectivity index (χ1v) is 8.43. The molecule has 1 aromatic carbocycles. The second-order valence-corrected chi connectivity index (χ2v) is 6.78. The zero-order chi connectivity index (χ0) is 15.1. The van der Waals surface area contributed by atoms with Gasteiger partial charge >= 0.3 is 0 Å². The Bertz CT molecular complexity index is 458. The van der Waals surface area contributed by atoms with E-state index < -0.39 is 5.60 Å². The standard InChI is InChI=1S/C16H22FNO2S/c17-13-4-6-14(7-5-13)21-11-8-15(19)18-12-16(20)9-2-1-3-10-16/h4-7,20H,1-3,8-12H2,(H,18,19). The Morgan fingerprint density at radius 2 is 1.90 bits per heavy atom. The summed E-state index contributed by atoms with van der Waals surface area (Å²) in [7, 11) is 0. The number of aliphatic hydroxyl groups is 1. The smallest absolute Gasteiger partial charge is 0.220 e. The van der Waals surface area contributed by atoms with Gasteiger partial charge in [-0.15, -0.1) is 11.8 Å². The highest BCUT2D eigenvalue weighted by atomic mass is 32.2. The lowest BCUT2D eigenvalue weighted by atomic mass is 9.85. The lowest BCUT2D eigenvalue weighted by Gasteiger charge is -2.32. The molecule has 0 atom stereocenters. The van der Waals surface area contributed by atoms with Crippen molar-refractivity contribution < 1.29 is 14.3 Å². The van der Waals surface area contributed by atoms with Crippen LogP contribution in [0.15, 0.2) is 29.2 Å². The van der Waals surface area contributed by atoms with E-state index in [1.54, 1.807) is 12.1 Å². The lowest BCUT2D eigenvalue weighted by Crippen LogP contribution is -2.44. The zero-order valence-electron chi connectivity index (χ0n) is 12.1. The molecular weight excluding hydrogens is 289 g/mol. The first kappa shape index (κ1) is 16.3. The Morgan fingerprint density at radius 3 is 2.57 bits per heavy atom. The molecule has 1 amide bonds. The van der Waals surface area contributed by atoms with Crippen molar-refractivity contribution in [3.8, 4) is 0 Å². The monoisotopic (exact) mass is 311 g/mol. The van der Waals surface area contributed by atoms with E-state index in [9.17, 15) is 14.3 Å². The Kier molecular flexibility index (Phi) is 6.06. The van der Waals surface area contributed by atoms with E-state index in [0.717, 1.165) is 30.6 Å². The van der Waals surface area contributed by atoms with Crippen LogP contribution in [-0.2, 0) is 4.79 Å². The van der Waals surface area contributed by atoms with Crippen LogP contribution in [0.25, 0.3) is 0 Å². The topological polar surface area (TPSA) is 49.3 Å². The lowest BCUT2D eigenvalue weighted by molar-refractivity contribution is -0.122. The molecule has 1 aliphatic carbocycles. The summed E-state index contributed by atoms with van der Waals surface area (Å²) in [5.74, 6) is 0.358. The molecule has 0 aromatic heterocycles. The van der Waals surface area contributed by atoms with E-state index in [4.69, 9.17) is 0 Å². The Hall–Kier alpha value is -1.07. The van der Waals surface area contributed by atoms with Gasteiger partial charge in [0, 0.05) is 23.6 Å². The van der Waals surface area contributed by atoms with Gasteiger partial charge in [0.2, 0.25) is 5.91 Å². The van der Waals surface area contributed by atoms with Crippen LogP contribution in [0.5, 0.6) is 0 Å². The van der Waals surface area contributed by atoms with Crippen molar-refractivity contribution in [1.29, 1.82) is 0 Å². The number of rotatable bonds is 6.